The van der Waals surface area contributed by atoms with Gasteiger partial charge in [0.2, 0.25) is 0 Å². The van der Waals surface area contributed by atoms with Crippen molar-refractivity contribution in [2.45, 2.75) is 13.0 Å². The van der Waals surface area contributed by atoms with Gasteiger partial charge in [0.25, 0.3) is 0 Å². The topological polar surface area (TPSA) is 71.0 Å². The maximum Gasteiger partial charge on any atom is 0.395 e. The third-order valence-electron chi connectivity index (χ3n) is 1.74. The van der Waals surface area contributed by atoms with E-state index in [4.69, 9.17) is 4.52 Å². The van der Waals surface area contributed by atoms with Crippen LogP contribution in [0.25, 0.3) is 0 Å². The molecule has 1 unspecified atom stereocenters. The third-order valence-corrected chi connectivity index (χ3v) is 2.64. The number of rotatable bonds is 4. The van der Waals surface area contributed by atoms with Gasteiger partial charge in [0.1, 0.15) is 0 Å². The van der Waals surface area contributed by atoms with Crippen molar-refractivity contribution in [3.05, 3.63) is 30.3 Å². The summed E-state index contributed by atoms with van der Waals surface area (Å²) >= 11 is 0. The molecule has 0 N–H and O–H groups in total. The molecule has 0 aromatic heterocycles. The zero-order valence-corrected chi connectivity index (χ0v) is 9.89. The summed E-state index contributed by atoms with van der Waals surface area (Å²) in [6.45, 7) is 1.49. The number of hydrogen-bond donors (Lipinski definition) is 0. The average Bonchev–Trinajstić information content (AvgIpc) is 2.29. The highest BCUT2D eigenvalue weighted by Gasteiger charge is 2.16. The van der Waals surface area contributed by atoms with Crippen LogP contribution in [-0.2, 0) is 9.53 Å². The summed E-state index contributed by atoms with van der Waals surface area (Å²) in [6.07, 6.45) is 0. The van der Waals surface area contributed by atoms with Crippen LogP contribution < -0.4 is 9.42 Å². The minimum absolute atomic E-state index is 0.449. The van der Waals surface area contributed by atoms with Crippen molar-refractivity contribution < 1.29 is 18.9 Å². The van der Waals surface area contributed by atoms with E-state index in [0.29, 0.717) is 5.75 Å². The lowest BCUT2D eigenvalue weighted by Crippen LogP contribution is -2.16. The van der Waals surface area contributed by atoms with E-state index in [9.17, 15) is 9.69 Å². The van der Waals surface area contributed by atoms with Gasteiger partial charge in [-0.05, 0) is 19.1 Å². The van der Waals surface area contributed by atoms with Gasteiger partial charge in [0, 0.05) is 0 Å². The highest BCUT2D eigenvalue weighted by Crippen LogP contribution is 2.23. The van der Waals surface area contributed by atoms with Crippen LogP contribution in [0.3, 0.4) is 0 Å². The fourth-order valence-electron chi connectivity index (χ4n) is 0.954. The molecule has 86 valence electrons. The molecule has 1 aromatic rings. The van der Waals surface area contributed by atoms with Gasteiger partial charge in [0.15, 0.2) is 11.8 Å². The van der Waals surface area contributed by atoms with Gasteiger partial charge in [-0.25, -0.2) is 4.79 Å². The van der Waals surface area contributed by atoms with E-state index in [1.807, 2.05) is 6.07 Å². The van der Waals surface area contributed by atoms with E-state index in [-0.39, 0.29) is 0 Å². The fraction of sp³-hybridized carbons (Fsp3) is 0.300. The Morgan fingerprint density at radius 3 is 2.62 bits per heavy atom. The first kappa shape index (κ1) is 12.6. The number of para-hydroxylation sites is 1. The predicted molar refractivity (Wildman–Crippen MR) is 57.9 cm³/mol. The molecule has 0 aliphatic carbocycles. The molecule has 0 saturated carbocycles. The van der Waals surface area contributed by atoms with Gasteiger partial charge >= 0.3 is 14.1 Å². The van der Waals surface area contributed by atoms with Crippen LogP contribution in [0.2, 0.25) is 0 Å². The summed E-state index contributed by atoms with van der Waals surface area (Å²) in [6, 6.07) is 7.84. The fourth-order valence-corrected chi connectivity index (χ4v) is 1.68. The number of hydrogen-bond acceptors (Lipinski definition) is 5. The molecule has 5 nitrogen and oxygen atoms in total. The van der Waals surface area contributed by atoms with E-state index in [1.165, 1.54) is 14.0 Å². The summed E-state index contributed by atoms with van der Waals surface area (Å²) in [5.41, 5.74) is 0. The number of carbonyl (C=O) groups is 1. The predicted octanol–water partition coefficient (Wildman–Crippen LogP) is 1.48. The Labute approximate surface area is 94.7 Å². The van der Waals surface area contributed by atoms with Crippen molar-refractivity contribution in [3.63, 3.8) is 0 Å². The molecule has 0 bridgehead atoms. The van der Waals surface area contributed by atoms with Gasteiger partial charge in [0.05, 0.1) is 7.11 Å². The Morgan fingerprint density at radius 2 is 2.06 bits per heavy atom. The molecule has 0 aliphatic rings. The summed E-state index contributed by atoms with van der Waals surface area (Å²) in [7, 11) is -1.01. The average molecular weight is 241 g/mol. The normalized spacial score (nSPS) is 13.1. The third kappa shape index (κ3) is 3.96. The monoisotopic (exact) mass is 241 g/mol. The van der Waals surface area contributed by atoms with Gasteiger partial charge in [-0.15, -0.1) is 0 Å². The lowest BCUT2D eigenvalue weighted by atomic mass is 10.3. The molecule has 0 heterocycles. The van der Waals surface area contributed by atoms with Crippen LogP contribution in [0.15, 0.2) is 35.1 Å². The molecule has 0 fully saturated rings. The standard InChI is InChI=1S/C10H12NO4P/c1-8(10(12)14-2)11-16(13)15-9-6-4-3-5-7-9/h3-8H,1-2H3/t8-/m0/s1. The molecule has 0 amide bonds. The Morgan fingerprint density at radius 1 is 1.44 bits per heavy atom. The zero-order valence-electron chi connectivity index (χ0n) is 8.99. The largest absolute Gasteiger partial charge is 0.575 e. The smallest absolute Gasteiger partial charge is 0.395 e. The molecule has 1 aromatic carbocycles. The number of esters is 1. The van der Waals surface area contributed by atoms with Crippen molar-refractivity contribution in [2.24, 2.45) is 4.74 Å². The number of benzene rings is 1. The Kier molecular flexibility index (Phi) is 4.89. The van der Waals surface area contributed by atoms with Crippen LogP contribution in [0.5, 0.6) is 5.75 Å². The van der Waals surface area contributed by atoms with E-state index < -0.39 is 20.2 Å². The summed E-state index contributed by atoms with van der Waals surface area (Å²) < 4.78 is 13.1. The zero-order chi connectivity index (χ0) is 12.0. The van der Waals surface area contributed by atoms with Gasteiger partial charge in [-0.2, -0.15) is 0 Å². The van der Waals surface area contributed by atoms with Gasteiger partial charge < -0.3 is 9.63 Å². The van der Waals surface area contributed by atoms with Crippen LogP contribution in [0.1, 0.15) is 6.92 Å². The molecule has 16 heavy (non-hydrogen) atoms. The van der Waals surface area contributed by atoms with Crippen LogP contribution in [0.4, 0.5) is 0 Å². The molecule has 1 rings (SSSR count). The van der Waals surface area contributed by atoms with Crippen LogP contribution in [0, 0.1) is 0 Å². The molecule has 0 spiro atoms. The number of methoxy groups -OCH3 is 1. The summed E-state index contributed by atoms with van der Waals surface area (Å²) in [4.78, 5) is 22.4. The highest BCUT2D eigenvalue weighted by atomic mass is 31.1. The first-order valence-electron chi connectivity index (χ1n) is 4.62. The van der Waals surface area contributed by atoms with Crippen LogP contribution in [-0.4, -0.2) is 19.1 Å². The maximum atomic E-state index is 11.4. The van der Waals surface area contributed by atoms with E-state index >= 15 is 0 Å². The number of nitrogens with zero attached hydrogens (tertiary/aromatic N) is 1. The quantitative estimate of drug-likeness (QED) is 0.591. The molecule has 0 radical (unpaired) electrons. The Balaban J connectivity index is 2.61. The molecular formula is C10H12NO4P. The first-order chi connectivity index (χ1) is 7.63. The van der Waals surface area contributed by atoms with Gasteiger partial charge in [-0.3, -0.25) is 4.52 Å². The van der Waals surface area contributed by atoms with Crippen molar-refractivity contribution in [1.82, 2.24) is 0 Å². The van der Waals surface area contributed by atoms with E-state index in [0.717, 1.165) is 0 Å². The lowest BCUT2D eigenvalue weighted by Gasteiger charge is -2.01. The first-order valence-corrected chi connectivity index (χ1v) is 5.75. The second kappa shape index (κ2) is 6.20. The highest BCUT2D eigenvalue weighted by molar-refractivity contribution is 7.34. The van der Waals surface area contributed by atoms with Crippen molar-refractivity contribution >= 4 is 14.1 Å². The van der Waals surface area contributed by atoms with Crippen LogP contribution >= 0.6 is 8.17 Å². The van der Waals surface area contributed by atoms with E-state index in [1.54, 1.807) is 24.3 Å². The van der Waals surface area contributed by atoms with Crippen molar-refractivity contribution in [3.8, 4) is 5.75 Å². The van der Waals surface area contributed by atoms with Crippen molar-refractivity contribution in [1.29, 1.82) is 0 Å². The number of ether oxygens (including phenoxy) is 1. The minimum Gasteiger partial charge on any atom is -0.575 e. The molecule has 0 aliphatic heterocycles. The minimum atomic E-state index is -2.26. The molecular weight excluding hydrogens is 229 g/mol. The molecule has 6 heteroatoms. The SMILES string of the molecule is COC(=O)[C@H](C)N=[P+]([O-])Oc1ccccc1. The van der Waals surface area contributed by atoms with Crippen molar-refractivity contribution in [2.75, 3.05) is 7.11 Å². The second-order valence-electron chi connectivity index (χ2n) is 2.96. The summed E-state index contributed by atoms with van der Waals surface area (Å²) in [5.74, 6) is -0.0931. The molecule has 0 saturated heterocycles. The second-order valence-corrected chi connectivity index (χ2v) is 3.85. The summed E-state index contributed by atoms with van der Waals surface area (Å²) in [5, 5.41) is 0. The maximum absolute atomic E-state index is 11.4. The van der Waals surface area contributed by atoms with E-state index in [2.05, 4.69) is 9.48 Å². The van der Waals surface area contributed by atoms with Gasteiger partial charge in [-0.1, -0.05) is 22.9 Å². The Hall–Kier alpha value is -1.45. The molecule has 2 atom stereocenters. The lowest BCUT2D eigenvalue weighted by molar-refractivity contribution is -0.169. The Bertz CT molecular complexity index is 380. The number of carbonyl (C=O) groups excluding carboxylic acids is 1.